The molecular formula is C15H28IN3O3S. The van der Waals surface area contributed by atoms with Crippen LogP contribution in [0.25, 0.3) is 0 Å². The predicted octanol–water partition coefficient (Wildman–Crippen LogP) is 1.31. The van der Waals surface area contributed by atoms with Crippen LogP contribution in [0.5, 0.6) is 0 Å². The molecule has 2 heterocycles. The summed E-state index contributed by atoms with van der Waals surface area (Å²) in [4.78, 5) is 4.67. The molecule has 134 valence electrons. The second-order valence-electron chi connectivity index (χ2n) is 7.14. The third-order valence-electron chi connectivity index (χ3n) is 4.68. The molecule has 1 saturated carbocycles. The normalized spacial score (nSPS) is 33.3. The Kier molecular flexibility index (Phi) is 6.57. The van der Waals surface area contributed by atoms with Crippen molar-refractivity contribution in [2.45, 2.75) is 50.7 Å². The quantitative estimate of drug-likeness (QED) is 0.370. The number of ether oxygens (including phenoxy) is 1. The molecule has 0 radical (unpaired) electrons. The fraction of sp³-hybridized carbons (Fsp3) is 0.933. The fourth-order valence-electron chi connectivity index (χ4n) is 3.06. The molecule has 3 fully saturated rings. The zero-order valence-electron chi connectivity index (χ0n) is 13.7. The first-order valence-corrected chi connectivity index (χ1v) is 10.2. The highest BCUT2D eigenvalue weighted by Gasteiger charge is 2.31. The van der Waals surface area contributed by atoms with Crippen molar-refractivity contribution < 1.29 is 13.2 Å². The molecule has 2 aliphatic heterocycles. The van der Waals surface area contributed by atoms with E-state index in [0.29, 0.717) is 30.6 Å². The number of nitrogens with zero attached hydrogens (tertiary/aromatic N) is 1. The van der Waals surface area contributed by atoms with Crippen molar-refractivity contribution in [1.29, 1.82) is 0 Å². The molecule has 0 bridgehead atoms. The average Bonchev–Trinajstić information content (AvgIpc) is 3.07. The predicted molar refractivity (Wildman–Crippen MR) is 102 cm³/mol. The molecule has 23 heavy (non-hydrogen) atoms. The average molecular weight is 457 g/mol. The van der Waals surface area contributed by atoms with E-state index in [-0.39, 0.29) is 35.5 Å². The fourth-order valence-corrected chi connectivity index (χ4v) is 4.92. The summed E-state index contributed by atoms with van der Waals surface area (Å²) >= 11 is 0. The van der Waals surface area contributed by atoms with Crippen LogP contribution in [-0.4, -0.2) is 57.2 Å². The van der Waals surface area contributed by atoms with E-state index in [1.165, 1.54) is 12.8 Å². The number of halogens is 1. The van der Waals surface area contributed by atoms with Crippen LogP contribution in [-0.2, 0) is 14.6 Å². The molecule has 1 aliphatic carbocycles. The van der Waals surface area contributed by atoms with Crippen molar-refractivity contribution in [3.05, 3.63) is 0 Å². The summed E-state index contributed by atoms with van der Waals surface area (Å²) in [5.74, 6) is 1.64. The van der Waals surface area contributed by atoms with Crippen LogP contribution in [0, 0.1) is 5.92 Å². The lowest BCUT2D eigenvalue weighted by molar-refractivity contribution is 0.0283. The van der Waals surface area contributed by atoms with E-state index in [0.717, 1.165) is 31.8 Å². The molecular weight excluding hydrogens is 429 g/mol. The third-order valence-corrected chi connectivity index (χ3v) is 6.51. The molecule has 2 unspecified atom stereocenters. The van der Waals surface area contributed by atoms with E-state index < -0.39 is 9.84 Å². The summed E-state index contributed by atoms with van der Waals surface area (Å²) in [7, 11) is -2.81. The monoisotopic (exact) mass is 457 g/mol. The minimum absolute atomic E-state index is 0. The van der Waals surface area contributed by atoms with Gasteiger partial charge in [0, 0.05) is 19.2 Å². The Balaban J connectivity index is 0.00000192. The highest BCUT2D eigenvalue weighted by molar-refractivity contribution is 14.0. The van der Waals surface area contributed by atoms with Gasteiger partial charge in [-0.1, -0.05) is 0 Å². The van der Waals surface area contributed by atoms with Gasteiger partial charge in [0.25, 0.3) is 0 Å². The number of nitrogens with one attached hydrogen (secondary N) is 2. The molecule has 0 aromatic rings. The van der Waals surface area contributed by atoms with Crippen LogP contribution in [0.3, 0.4) is 0 Å². The van der Waals surface area contributed by atoms with Gasteiger partial charge < -0.3 is 15.4 Å². The van der Waals surface area contributed by atoms with E-state index in [1.54, 1.807) is 0 Å². The summed E-state index contributed by atoms with van der Waals surface area (Å²) in [6, 6.07) is 0.524. The smallest absolute Gasteiger partial charge is 0.191 e. The van der Waals surface area contributed by atoms with Crippen molar-refractivity contribution in [1.82, 2.24) is 10.6 Å². The van der Waals surface area contributed by atoms with Gasteiger partial charge in [0.05, 0.1) is 23.7 Å². The molecule has 6 nitrogen and oxygen atoms in total. The van der Waals surface area contributed by atoms with Gasteiger partial charge in [0.2, 0.25) is 0 Å². The molecule has 2 saturated heterocycles. The van der Waals surface area contributed by atoms with Crippen LogP contribution >= 0.6 is 24.0 Å². The number of aliphatic imine (C=N–C) groups is 1. The summed E-state index contributed by atoms with van der Waals surface area (Å²) < 4.78 is 28.8. The lowest BCUT2D eigenvalue weighted by atomic mass is 10.0. The van der Waals surface area contributed by atoms with Gasteiger partial charge in [-0.15, -0.1) is 24.0 Å². The zero-order valence-corrected chi connectivity index (χ0v) is 16.9. The highest BCUT2D eigenvalue weighted by Crippen LogP contribution is 2.25. The molecule has 2 atom stereocenters. The Labute approximate surface area is 156 Å². The SMILES string of the molecule is CC1(CN=C(NCC2CCS(=O)(=O)C2)NC2CC2)CCCO1.I. The second-order valence-corrected chi connectivity index (χ2v) is 9.36. The Morgan fingerprint density at radius 3 is 2.70 bits per heavy atom. The van der Waals surface area contributed by atoms with Gasteiger partial charge >= 0.3 is 0 Å². The molecule has 8 heteroatoms. The number of hydrogen-bond acceptors (Lipinski definition) is 4. The van der Waals surface area contributed by atoms with Crippen molar-refractivity contribution in [2.75, 3.05) is 31.2 Å². The molecule has 0 aromatic heterocycles. The summed E-state index contributed by atoms with van der Waals surface area (Å²) in [5.41, 5.74) is -0.144. The zero-order chi connectivity index (χ0) is 15.6. The van der Waals surface area contributed by atoms with Crippen molar-refractivity contribution in [2.24, 2.45) is 10.9 Å². The third kappa shape index (κ3) is 6.04. The number of sulfone groups is 1. The topological polar surface area (TPSA) is 79.8 Å². The molecule has 3 aliphatic rings. The summed E-state index contributed by atoms with van der Waals surface area (Å²) in [6.45, 7) is 4.26. The Hall–Kier alpha value is -0.0900. The first-order valence-electron chi connectivity index (χ1n) is 8.33. The number of guanidine groups is 1. The van der Waals surface area contributed by atoms with Gasteiger partial charge in [-0.2, -0.15) is 0 Å². The molecule has 2 N–H and O–H groups in total. The van der Waals surface area contributed by atoms with Gasteiger partial charge in [0.1, 0.15) is 0 Å². The lowest BCUT2D eigenvalue weighted by Gasteiger charge is -2.22. The number of rotatable bonds is 5. The van der Waals surface area contributed by atoms with Crippen LogP contribution in [0.2, 0.25) is 0 Å². The van der Waals surface area contributed by atoms with Crippen molar-refractivity contribution >= 4 is 39.8 Å². The van der Waals surface area contributed by atoms with Crippen molar-refractivity contribution in [3.8, 4) is 0 Å². The van der Waals surface area contributed by atoms with E-state index in [4.69, 9.17) is 4.74 Å². The minimum atomic E-state index is -2.81. The maximum atomic E-state index is 11.5. The largest absolute Gasteiger partial charge is 0.373 e. The molecule has 0 spiro atoms. The summed E-state index contributed by atoms with van der Waals surface area (Å²) in [5, 5.41) is 6.74. The Morgan fingerprint density at radius 1 is 1.35 bits per heavy atom. The van der Waals surface area contributed by atoms with Crippen LogP contribution in [0.4, 0.5) is 0 Å². The van der Waals surface area contributed by atoms with E-state index >= 15 is 0 Å². The van der Waals surface area contributed by atoms with E-state index in [9.17, 15) is 8.42 Å². The lowest BCUT2D eigenvalue weighted by Crippen LogP contribution is -2.42. The van der Waals surface area contributed by atoms with Crippen molar-refractivity contribution in [3.63, 3.8) is 0 Å². The van der Waals surface area contributed by atoms with E-state index in [1.807, 2.05) is 0 Å². The molecule has 0 aromatic carbocycles. The highest BCUT2D eigenvalue weighted by atomic mass is 127. The first-order chi connectivity index (χ1) is 10.4. The maximum absolute atomic E-state index is 11.5. The second kappa shape index (κ2) is 7.86. The van der Waals surface area contributed by atoms with Gasteiger partial charge in [-0.05, 0) is 44.9 Å². The van der Waals surface area contributed by atoms with Crippen LogP contribution in [0.1, 0.15) is 39.0 Å². The first kappa shape index (κ1) is 19.2. The summed E-state index contributed by atoms with van der Waals surface area (Å²) in [6.07, 6.45) is 5.28. The van der Waals surface area contributed by atoms with Gasteiger partial charge in [-0.25, -0.2) is 8.42 Å². The van der Waals surface area contributed by atoms with Crippen LogP contribution < -0.4 is 10.6 Å². The Bertz CT molecular complexity index is 528. The Morgan fingerprint density at radius 2 is 2.13 bits per heavy atom. The molecule has 0 amide bonds. The van der Waals surface area contributed by atoms with Gasteiger partial charge in [0.15, 0.2) is 15.8 Å². The van der Waals surface area contributed by atoms with Crippen LogP contribution in [0.15, 0.2) is 4.99 Å². The molecule has 3 rings (SSSR count). The number of hydrogen-bond donors (Lipinski definition) is 2. The minimum Gasteiger partial charge on any atom is -0.373 e. The standard InChI is InChI=1S/C15H27N3O3S.HI/c1-15(6-2-7-21-15)11-17-14(18-13-3-4-13)16-9-12-5-8-22(19,20)10-12;/h12-13H,2-11H2,1H3,(H2,16,17,18);1H. The van der Waals surface area contributed by atoms with E-state index in [2.05, 4.69) is 22.5 Å². The van der Waals surface area contributed by atoms with Gasteiger partial charge in [-0.3, -0.25) is 4.99 Å². The maximum Gasteiger partial charge on any atom is 0.191 e.